The predicted octanol–water partition coefficient (Wildman–Crippen LogP) is 2.63. The molecule has 1 heterocycles. The van der Waals surface area contributed by atoms with Crippen molar-refractivity contribution in [3.63, 3.8) is 0 Å². The van der Waals surface area contributed by atoms with Crippen LogP contribution in [0.5, 0.6) is 17.2 Å². The molecule has 160 valence electrons. The normalized spacial score (nSPS) is 13.7. The number of hydrogen-bond donors (Lipinski definition) is 0. The van der Waals surface area contributed by atoms with Crippen molar-refractivity contribution in [3.8, 4) is 17.2 Å². The molecule has 0 bridgehead atoms. The first-order chi connectivity index (χ1) is 14.5. The Morgan fingerprint density at radius 3 is 2.03 bits per heavy atom. The second kappa shape index (κ2) is 10.0. The van der Waals surface area contributed by atoms with Crippen LogP contribution >= 0.6 is 0 Å². The Kier molecular flexibility index (Phi) is 7.17. The number of piperazine rings is 1. The molecule has 2 aromatic carbocycles. The average molecular weight is 412 g/mol. The highest BCUT2D eigenvalue weighted by atomic mass is 16.5. The smallest absolute Gasteiger partial charge is 0.253 e. The predicted molar refractivity (Wildman–Crippen MR) is 113 cm³/mol. The van der Waals surface area contributed by atoms with Crippen LogP contribution in [0, 0.1) is 0 Å². The quantitative estimate of drug-likeness (QED) is 0.699. The monoisotopic (exact) mass is 412 g/mol. The van der Waals surface area contributed by atoms with Gasteiger partial charge in [-0.15, -0.1) is 0 Å². The highest BCUT2D eigenvalue weighted by molar-refractivity contribution is 5.94. The minimum Gasteiger partial charge on any atom is -0.497 e. The molecule has 0 atom stereocenters. The van der Waals surface area contributed by atoms with Crippen LogP contribution in [0.25, 0.3) is 0 Å². The van der Waals surface area contributed by atoms with E-state index in [0.29, 0.717) is 56.1 Å². The first kappa shape index (κ1) is 21.5. The van der Waals surface area contributed by atoms with E-state index in [-0.39, 0.29) is 11.8 Å². The maximum Gasteiger partial charge on any atom is 0.253 e. The van der Waals surface area contributed by atoms with Gasteiger partial charge in [0.1, 0.15) is 5.75 Å². The molecular weight excluding hydrogens is 384 g/mol. The summed E-state index contributed by atoms with van der Waals surface area (Å²) >= 11 is 0. The van der Waals surface area contributed by atoms with Gasteiger partial charge in [-0.25, -0.2) is 0 Å². The van der Waals surface area contributed by atoms with Crippen LogP contribution in [0.1, 0.15) is 22.3 Å². The molecule has 0 spiro atoms. The van der Waals surface area contributed by atoms with Crippen molar-refractivity contribution in [3.05, 3.63) is 53.6 Å². The fourth-order valence-electron chi connectivity index (χ4n) is 3.52. The summed E-state index contributed by atoms with van der Waals surface area (Å²) in [5, 5.41) is 0. The van der Waals surface area contributed by atoms with Gasteiger partial charge in [0.25, 0.3) is 5.91 Å². The van der Waals surface area contributed by atoms with Gasteiger partial charge in [0.15, 0.2) is 11.5 Å². The van der Waals surface area contributed by atoms with E-state index >= 15 is 0 Å². The van der Waals surface area contributed by atoms with Crippen LogP contribution in [0.4, 0.5) is 0 Å². The van der Waals surface area contributed by atoms with Crippen molar-refractivity contribution < 1.29 is 23.8 Å². The summed E-state index contributed by atoms with van der Waals surface area (Å²) < 4.78 is 15.7. The molecule has 1 aliphatic heterocycles. The lowest BCUT2D eigenvalue weighted by Gasteiger charge is -2.35. The van der Waals surface area contributed by atoms with E-state index in [1.807, 2.05) is 23.1 Å². The van der Waals surface area contributed by atoms with E-state index in [4.69, 9.17) is 14.2 Å². The largest absolute Gasteiger partial charge is 0.497 e. The van der Waals surface area contributed by atoms with Crippen LogP contribution in [-0.4, -0.2) is 69.1 Å². The lowest BCUT2D eigenvalue weighted by molar-refractivity contribution is -0.132. The van der Waals surface area contributed by atoms with E-state index in [1.54, 1.807) is 50.5 Å². The lowest BCUT2D eigenvalue weighted by Crippen LogP contribution is -2.50. The van der Waals surface area contributed by atoms with E-state index < -0.39 is 0 Å². The molecule has 1 aliphatic rings. The Morgan fingerprint density at radius 1 is 0.800 bits per heavy atom. The number of ether oxygens (including phenoxy) is 3. The molecule has 1 fully saturated rings. The number of nitrogens with zero attached hydrogens (tertiary/aromatic N) is 2. The number of hydrogen-bond acceptors (Lipinski definition) is 5. The molecule has 30 heavy (non-hydrogen) atoms. The molecular formula is C23H28N2O5. The van der Waals surface area contributed by atoms with Crippen molar-refractivity contribution in [2.45, 2.75) is 12.8 Å². The highest BCUT2D eigenvalue weighted by Crippen LogP contribution is 2.28. The molecule has 0 radical (unpaired) electrons. The highest BCUT2D eigenvalue weighted by Gasteiger charge is 2.24. The molecule has 3 rings (SSSR count). The van der Waals surface area contributed by atoms with Gasteiger partial charge in [0, 0.05) is 38.2 Å². The number of benzene rings is 2. The third-order valence-corrected chi connectivity index (χ3v) is 5.33. The van der Waals surface area contributed by atoms with Gasteiger partial charge in [-0.2, -0.15) is 0 Å². The van der Waals surface area contributed by atoms with E-state index in [0.717, 1.165) is 11.3 Å². The third kappa shape index (κ3) is 5.03. The van der Waals surface area contributed by atoms with Gasteiger partial charge in [-0.05, 0) is 48.4 Å². The number of carbonyl (C=O) groups excluding carboxylic acids is 2. The summed E-state index contributed by atoms with van der Waals surface area (Å²) in [5.74, 6) is 2.13. The Morgan fingerprint density at radius 2 is 1.43 bits per heavy atom. The number of methoxy groups -OCH3 is 3. The zero-order valence-corrected chi connectivity index (χ0v) is 17.7. The number of amides is 2. The minimum absolute atomic E-state index is 0.0184. The van der Waals surface area contributed by atoms with Crippen LogP contribution in [0.15, 0.2) is 42.5 Å². The zero-order valence-electron chi connectivity index (χ0n) is 17.7. The van der Waals surface area contributed by atoms with Crippen LogP contribution in [-0.2, 0) is 11.2 Å². The fraction of sp³-hybridized carbons (Fsp3) is 0.391. The van der Waals surface area contributed by atoms with Gasteiger partial charge in [0.05, 0.1) is 21.3 Å². The standard InChI is InChI=1S/C23H28N2O5/c1-28-19-8-6-18(7-9-19)23(27)25-14-12-24(13-15-25)22(26)11-5-17-4-10-20(29-2)21(16-17)30-3/h4,6-10,16H,5,11-15H2,1-3H3. The molecule has 0 aliphatic carbocycles. The van der Waals surface area contributed by atoms with Gasteiger partial charge in [-0.3, -0.25) is 9.59 Å². The van der Waals surface area contributed by atoms with Crippen LogP contribution in [0.2, 0.25) is 0 Å². The molecule has 1 saturated heterocycles. The summed E-state index contributed by atoms with van der Waals surface area (Å²) in [6, 6.07) is 12.8. The Bertz CT molecular complexity index is 874. The van der Waals surface area contributed by atoms with E-state index in [9.17, 15) is 9.59 Å². The summed E-state index contributed by atoms with van der Waals surface area (Å²) in [6.45, 7) is 2.17. The molecule has 0 saturated carbocycles. The molecule has 7 heteroatoms. The van der Waals surface area contributed by atoms with Gasteiger partial charge in [0.2, 0.25) is 5.91 Å². The average Bonchev–Trinajstić information content (AvgIpc) is 2.82. The molecule has 7 nitrogen and oxygen atoms in total. The molecule has 2 aromatic rings. The van der Waals surface area contributed by atoms with Gasteiger partial charge in [-0.1, -0.05) is 6.07 Å². The zero-order chi connectivity index (χ0) is 21.5. The van der Waals surface area contributed by atoms with Crippen molar-refractivity contribution in [2.75, 3.05) is 47.5 Å². The topological polar surface area (TPSA) is 68.3 Å². The minimum atomic E-state index is -0.0184. The molecule has 2 amide bonds. The van der Waals surface area contributed by atoms with E-state index in [1.165, 1.54) is 0 Å². The first-order valence-electron chi connectivity index (χ1n) is 9.97. The number of carbonyl (C=O) groups is 2. The van der Waals surface area contributed by atoms with Crippen LogP contribution in [0.3, 0.4) is 0 Å². The summed E-state index contributed by atoms with van der Waals surface area (Å²) in [5.41, 5.74) is 1.65. The van der Waals surface area contributed by atoms with Crippen molar-refractivity contribution in [1.82, 2.24) is 9.80 Å². The molecule has 0 aromatic heterocycles. The second-order valence-corrected chi connectivity index (χ2v) is 7.09. The summed E-state index contributed by atoms with van der Waals surface area (Å²) in [6.07, 6.45) is 1.05. The summed E-state index contributed by atoms with van der Waals surface area (Å²) in [4.78, 5) is 28.9. The summed E-state index contributed by atoms with van der Waals surface area (Å²) in [7, 11) is 4.79. The van der Waals surface area contributed by atoms with Crippen molar-refractivity contribution in [2.24, 2.45) is 0 Å². The SMILES string of the molecule is COc1ccc(C(=O)N2CCN(C(=O)CCc3ccc(OC)c(OC)c3)CC2)cc1. The molecule has 0 unspecified atom stereocenters. The van der Waals surface area contributed by atoms with Crippen LogP contribution < -0.4 is 14.2 Å². The van der Waals surface area contributed by atoms with Crippen molar-refractivity contribution >= 4 is 11.8 Å². The van der Waals surface area contributed by atoms with Gasteiger partial charge < -0.3 is 24.0 Å². The maximum absolute atomic E-state index is 12.7. The number of aryl methyl sites for hydroxylation is 1. The Hall–Kier alpha value is -3.22. The van der Waals surface area contributed by atoms with E-state index in [2.05, 4.69) is 0 Å². The maximum atomic E-state index is 12.7. The molecule has 0 N–H and O–H groups in total. The number of rotatable bonds is 7. The Labute approximate surface area is 177 Å². The Balaban J connectivity index is 1.49. The lowest BCUT2D eigenvalue weighted by atomic mass is 10.1. The van der Waals surface area contributed by atoms with Gasteiger partial charge >= 0.3 is 0 Å². The third-order valence-electron chi connectivity index (χ3n) is 5.33. The van der Waals surface area contributed by atoms with Crippen molar-refractivity contribution in [1.29, 1.82) is 0 Å². The first-order valence-corrected chi connectivity index (χ1v) is 9.97. The second-order valence-electron chi connectivity index (χ2n) is 7.09. The fourth-order valence-corrected chi connectivity index (χ4v) is 3.52.